The number of rotatable bonds is 3. The Balaban J connectivity index is 1.62. The van der Waals surface area contributed by atoms with Crippen molar-refractivity contribution >= 4 is 17.7 Å². The lowest BCUT2D eigenvalue weighted by atomic mass is 10.0. The molecule has 1 aliphatic heterocycles. The first-order valence-electron chi connectivity index (χ1n) is 9.19. The number of aromatic nitrogens is 2. The van der Waals surface area contributed by atoms with Crippen molar-refractivity contribution in [2.45, 2.75) is 45.3 Å². The third-order valence-corrected chi connectivity index (χ3v) is 4.44. The molecule has 0 spiro atoms. The van der Waals surface area contributed by atoms with Crippen LogP contribution in [0.3, 0.4) is 0 Å². The normalized spacial score (nSPS) is 15.4. The third kappa shape index (κ3) is 4.87. The van der Waals surface area contributed by atoms with E-state index in [0.29, 0.717) is 24.5 Å². The van der Waals surface area contributed by atoms with Gasteiger partial charge < -0.3 is 19.5 Å². The second-order valence-corrected chi connectivity index (χ2v) is 7.70. The lowest BCUT2D eigenvalue weighted by molar-refractivity contribution is 0.0187. The van der Waals surface area contributed by atoms with E-state index in [1.165, 1.54) is 0 Å². The number of carbonyl (C=O) groups is 2. The van der Waals surface area contributed by atoms with Crippen molar-refractivity contribution in [2.24, 2.45) is 0 Å². The molecule has 144 valence electrons. The fourth-order valence-electron chi connectivity index (χ4n) is 3.19. The molecule has 1 N–H and O–H groups in total. The molecule has 0 atom stereocenters. The summed E-state index contributed by atoms with van der Waals surface area (Å²) < 4.78 is 7.44. The number of ether oxygens (including phenoxy) is 1. The van der Waals surface area contributed by atoms with Gasteiger partial charge in [-0.3, -0.25) is 9.78 Å². The van der Waals surface area contributed by atoms with E-state index >= 15 is 0 Å². The van der Waals surface area contributed by atoms with Crippen LogP contribution in [0.2, 0.25) is 0 Å². The van der Waals surface area contributed by atoms with E-state index in [1.54, 1.807) is 29.4 Å². The summed E-state index contributed by atoms with van der Waals surface area (Å²) in [6, 6.07) is 7.44. The Hall–Kier alpha value is -2.83. The molecule has 3 heterocycles. The Morgan fingerprint density at radius 3 is 2.56 bits per heavy atom. The van der Waals surface area contributed by atoms with Gasteiger partial charge in [0.1, 0.15) is 11.3 Å². The smallest absolute Gasteiger partial charge is 0.410 e. The van der Waals surface area contributed by atoms with Gasteiger partial charge in [0.2, 0.25) is 0 Å². The van der Waals surface area contributed by atoms with Crippen LogP contribution in [0.25, 0.3) is 0 Å². The number of likely N-dealkylation sites (tertiary alicyclic amines) is 1. The molecule has 0 bridgehead atoms. The van der Waals surface area contributed by atoms with Gasteiger partial charge in [0.15, 0.2) is 0 Å². The summed E-state index contributed by atoms with van der Waals surface area (Å²) in [7, 11) is 0. The molecule has 2 aromatic heterocycles. The van der Waals surface area contributed by atoms with Crippen molar-refractivity contribution in [2.75, 3.05) is 18.4 Å². The van der Waals surface area contributed by atoms with Crippen molar-refractivity contribution in [1.29, 1.82) is 0 Å². The summed E-state index contributed by atoms with van der Waals surface area (Å²) in [5, 5.41) is 2.87. The van der Waals surface area contributed by atoms with Crippen molar-refractivity contribution < 1.29 is 14.3 Å². The Labute approximate surface area is 159 Å². The lowest BCUT2D eigenvalue weighted by Gasteiger charge is -2.34. The standard InChI is InChI=1S/C20H26N4O3/c1-20(2,3)27-19(26)23-12-8-16(9-13-23)24-11-5-7-17(24)18(25)22-15-6-4-10-21-14-15/h4-7,10-11,14,16H,8-9,12-13H2,1-3H3,(H,22,25). The number of amides is 2. The molecule has 7 heteroatoms. The zero-order valence-electron chi connectivity index (χ0n) is 16.0. The van der Waals surface area contributed by atoms with Gasteiger partial charge in [-0.05, 0) is 57.9 Å². The van der Waals surface area contributed by atoms with E-state index in [9.17, 15) is 9.59 Å². The largest absolute Gasteiger partial charge is 0.444 e. The van der Waals surface area contributed by atoms with Crippen molar-refractivity contribution in [3.05, 3.63) is 48.5 Å². The minimum atomic E-state index is -0.494. The summed E-state index contributed by atoms with van der Waals surface area (Å²) in [6.45, 7) is 6.82. The molecule has 0 unspecified atom stereocenters. The zero-order valence-corrected chi connectivity index (χ0v) is 16.0. The van der Waals surface area contributed by atoms with Gasteiger partial charge >= 0.3 is 6.09 Å². The van der Waals surface area contributed by atoms with Crippen LogP contribution < -0.4 is 5.32 Å². The Bertz CT molecular complexity index is 787. The first-order chi connectivity index (χ1) is 12.8. The molecule has 0 saturated carbocycles. The topological polar surface area (TPSA) is 76.5 Å². The SMILES string of the molecule is CC(C)(C)OC(=O)N1CCC(n2cccc2C(=O)Nc2cccnc2)CC1. The Morgan fingerprint density at radius 2 is 1.93 bits per heavy atom. The summed E-state index contributed by atoms with van der Waals surface area (Å²) in [5.41, 5.74) is 0.774. The van der Waals surface area contributed by atoms with Crippen LogP contribution in [-0.2, 0) is 4.74 Å². The maximum absolute atomic E-state index is 12.6. The third-order valence-electron chi connectivity index (χ3n) is 4.44. The van der Waals surface area contributed by atoms with Crippen LogP contribution in [0, 0.1) is 0 Å². The second kappa shape index (κ2) is 7.82. The van der Waals surface area contributed by atoms with E-state index < -0.39 is 5.60 Å². The highest BCUT2D eigenvalue weighted by Crippen LogP contribution is 2.26. The van der Waals surface area contributed by atoms with Crippen LogP contribution in [0.15, 0.2) is 42.9 Å². The van der Waals surface area contributed by atoms with Gasteiger partial charge in [-0.1, -0.05) is 0 Å². The predicted molar refractivity (Wildman–Crippen MR) is 103 cm³/mol. The fourth-order valence-corrected chi connectivity index (χ4v) is 3.19. The molecule has 3 rings (SSSR count). The summed E-state index contributed by atoms with van der Waals surface area (Å²) in [5.74, 6) is -0.164. The van der Waals surface area contributed by atoms with Crippen molar-refractivity contribution in [1.82, 2.24) is 14.5 Å². The molecule has 1 saturated heterocycles. The van der Waals surface area contributed by atoms with E-state index in [2.05, 4.69) is 10.3 Å². The van der Waals surface area contributed by atoms with Gasteiger partial charge in [0.25, 0.3) is 5.91 Å². The molecule has 0 aromatic carbocycles. The molecule has 1 fully saturated rings. The Kier molecular flexibility index (Phi) is 5.48. The van der Waals surface area contributed by atoms with Crippen LogP contribution in [0.1, 0.15) is 50.1 Å². The summed E-state index contributed by atoms with van der Waals surface area (Å²) in [4.78, 5) is 30.6. The molecule has 27 heavy (non-hydrogen) atoms. The molecule has 2 aromatic rings. The van der Waals surface area contributed by atoms with Crippen LogP contribution in [0.4, 0.5) is 10.5 Å². The van der Waals surface area contributed by atoms with Crippen LogP contribution in [-0.4, -0.2) is 45.1 Å². The maximum Gasteiger partial charge on any atom is 0.410 e. The first kappa shape index (κ1) is 18.9. The molecular weight excluding hydrogens is 344 g/mol. The van der Waals surface area contributed by atoms with E-state index in [4.69, 9.17) is 4.74 Å². The van der Waals surface area contributed by atoms with Crippen LogP contribution >= 0.6 is 0 Å². The highest BCUT2D eigenvalue weighted by molar-refractivity contribution is 6.03. The van der Waals surface area contributed by atoms with Gasteiger partial charge in [0, 0.05) is 31.5 Å². The first-order valence-corrected chi connectivity index (χ1v) is 9.19. The van der Waals surface area contributed by atoms with Gasteiger partial charge in [0.05, 0.1) is 11.9 Å². The number of nitrogens with one attached hydrogen (secondary N) is 1. The second-order valence-electron chi connectivity index (χ2n) is 7.70. The number of hydrogen-bond acceptors (Lipinski definition) is 4. The van der Waals surface area contributed by atoms with Crippen LogP contribution in [0.5, 0.6) is 0 Å². The maximum atomic E-state index is 12.6. The molecule has 1 aliphatic rings. The van der Waals surface area contributed by atoms with Gasteiger partial charge in [-0.15, -0.1) is 0 Å². The van der Waals surface area contributed by atoms with Gasteiger partial charge in [-0.2, -0.15) is 0 Å². The Morgan fingerprint density at radius 1 is 1.19 bits per heavy atom. The molecule has 0 aliphatic carbocycles. The zero-order chi connectivity index (χ0) is 19.4. The minimum Gasteiger partial charge on any atom is -0.444 e. The number of anilines is 1. The quantitative estimate of drug-likeness (QED) is 0.894. The predicted octanol–water partition coefficient (Wildman–Crippen LogP) is 3.71. The molecule has 2 amide bonds. The average molecular weight is 370 g/mol. The number of pyridine rings is 1. The molecular formula is C20H26N4O3. The number of hydrogen-bond donors (Lipinski definition) is 1. The average Bonchev–Trinajstić information content (AvgIpc) is 3.11. The minimum absolute atomic E-state index is 0.164. The molecule has 0 radical (unpaired) electrons. The fraction of sp³-hybridized carbons (Fsp3) is 0.450. The highest BCUT2D eigenvalue weighted by Gasteiger charge is 2.28. The highest BCUT2D eigenvalue weighted by atomic mass is 16.6. The lowest BCUT2D eigenvalue weighted by Crippen LogP contribution is -2.42. The number of nitrogens with zero attached hydrogens (tertiary/aromatic N) is 3. The summed E-state index contributed by atoms with van der Waals surface area (Å²) >= 11 is 0. The monoisotopic (exact) mass is 370 g/mol. The molecule has 7 nitrogen and oxygen atoms in total. The van der Waals surface area contributed by atoms with Crippen molar-refractivity contribution in [3.63, 3.8) is 0 Å². The van der Waals surface area contributed by atoms with Gasteiger partial charge in [-0.25, -0.2) is 4.79 Å². The summed E-state index contributed by atoms with van der Waals surface area (Å²) in [6.07, 6.45) is 6.48. The van der Waals surface area contributed by atoms with E-state index in [-0.39, 0.29) is 18.0 Å². The van der Waals surface area contributed by atoms with E-state index in [0.717, 1.165) is 12.8 Å². The van der Waals surface area contributed by atoms with Crippen molar-refractivity contribution in [3.8, 4) is 0 Å². The van der Waals surface area contributed by atoms with E-state index in [1.807, 2.05) is 43.7 Å². The number of carbonyl (C=O) groups excluding carboxylic acids is 2. The number of piperidine rings is 1.